The van der Waals surface area contributed by atoms with E-state index in [1.165, 1.54) is 0 Å². The number of carbonyl (C=O) groups excluding carboxylic acids is 2. The van der Waals surface area contributed by atoms with Crippen molar-refractivity contribution in [2.24, 2.45) is 0 Å². The fourth-order valence-electron chi connectivity index (χ4n) is 5.64. The molecule has 4 heteroatoms. The van der Waals surface area contributed by atoms with Gasteiger partial charge in [0, 0.05) is 22.3 Å². The number of rotatable bonds is 1. The van der Waals surface area contributed by atoms with Crippen LogP contribution in [0.4, 0.5) is 0 Å². The van der Waals surface area contributed by atoms with Crippen molar-refractivity contribution in [3.05, 3.63) is 68.2 Å². The Morgan fingerprint density at radius 3 is 1.50 bits per heavy atom. The van der Waals surface area contributed by atoms with Gasteiger partial charge in [-0.2, -0.15) is 0 Å². The quantitative estimate of drug-likeness (QED) is 0.422. The number of aromatic hydroxyl groups is 1. The summed E-state index contributed by atoms with van der Waals surface area (Å²) in [7, 11) is 0. The van der Waals surface area contributed by atoms with Gasteiger partial charge < -0.3 is 5.11 Å². The zero-order chi connectivity index (χ0) is 27.2. The lowest BCUT2D eigenvalue weighted by Crippen LogP contribution is -2.35. The van der Waals surface area contributed by atoms with Crippen molar-refractivity contribution < 1.29 is 14.7 Å². The van der Waals surface area contributed by atoms with Crippen LogP contribution in [-0.2, 0) is 21.7 Å². The van der Waals surface area contributed by atoms with Crippen LogP contribution in [0, 0.1) is 0 Å². The fraction of sp³-hybridized carbons (Fsp3) is 0.500. The lowest BCUT2D eigenvalue weighted by atomic mass is 9.62. The molecule has 0 heterocycles. The zero-order valence-electron chi connectivity index (χ0n) is 23.4. The average Bonchev–Trinajstić information content (AvgIpc) is 2.74. The minimum Gasteiger partial charge on any atom is -0.507 e. The third-order valence-corrected chi connectivity index (χ3v) is 8.50. The van der Waals surface area contributed by atoms with Gasteiger partial charge in [0.15, 0.2) is 5.78 Å². The number of ketones is 2. The number of hydrogen-bond donors (Lipinski definition) is 1. The van der Waals surface area contributed by atoms with E-state index < -0.39 is 0 Å². The highest BCUT2D eigenvalue weighted by molar-refractivity contribution is 6.56. The number of phenols is 1. The number of phenolic OH excluding ortho intramolecular Hbond substituents is 1. The molecule has 0 spiro atoms. The predicted octanol–water partition coefficient (Wildman–Crippen LogP) is 8.37. The smallest absolute Gasteiger partial charge is 0.205 e. The molecule has 0 aromatic heterocycles. The van der Waals surface area contributed by atoms with Gasteiger partial charge in [-0.15, -0.1) is 0 Å². The van der Waals surface area contributed by atoms with Crippen molar-refractivity contribution in [2.45, 2.75) is 104 Å². The predicted molar refractivity (Wildman–Crippen MR) is 149 cm³/mol. The van der Waals surface area contributed by atoms with Gasteiger partial charge in [-0.05, 0) is 75.5 Å². The monoisotopic (exact) mass is 506 g/mol. The largest absolute Gasteiger partial charge is 0.507 e. The van der Waals surface area contributed by atoms with Crippen LogP contribution < -0.4 is 0 Å². The molecule has 36 heavy (non-hydrogen) atoms. The Morgan fingerprint density at radius 2 is 1.11 bits per heavy atom. The summed E-state index contributed by atoms with van der Waals surface area (Å²) in [5, 5.41) is 11.1. The normalized spacial score (nSPS) is 19.3. The highest BCUT2D eigenvalue weighted by atomic mass is 35.5. The van der Waals surface area contributed by atoms with Crippen molar-refractivity contribution in [1.29, 1.82) is 0 Å². The Balaban J connectivity index is 2.00. The molecule has 2 aromatic rings. The second-order valence-electron chi connectivity index (χ2n) is 14.0. The molecule has 0 amide bonds. The second-order valence-corrected chi connectivity index (χ2v) is 14.4. The highest BCUT2D eigenvalue weighted by Gasteiger charge is 2.41. The van der Waals surface area contributed by atoms with E-state index in [0.29, 0.717) is 16.7 Å². The fourth-order valence-corrected chi connectivity index (χ4v) is 5.93. The summed E-state index contributed by atoms with van der Waals surface area (Å²) in [4.78, 5) is 27.7. The second kappa shape index (κ2) is 8.05. The molecule has 0 saturated carbocycles. The van der Waals surface area contributed by atoms with Crippen LogP contribution in [0.15, 0.2) is 29.3 Å². The van der Waals surface area contributed by atoms with E-state index in [4.69, 9.17) is 11.6 Å². The van der Waals surface area contributed by atoms with Gasteiger partial charge in [-0.1, -0.05) is 80.8 Å². The number of hydrogen-bond acceptors (Lipinski definition) is 3. The van der Waals surface area contributed by atoms with Crippen LogP contribution in [0.5, 0.6) is 5.75 Å². The van der Waals surface area contributed by atoms with Crippen LogP contribution in [0.25, 0.3) is 5.57 Å². The minimum atomic E-state index is -0.374. The molecule has 0 bridgehead atoms. The number of halogens is 1. The number of fused-ring (bicyclic) bond motifs is 2. The van der Waals surface area contributed by atoms with Crippen LogP contribution in [0.1, 0.15) is 131 Å². The van der Waals surface area contributed by atoms with E-state index in [1.807, 2.05) is 65.8 Å². The summed E-state index contributed by atoms with van der Waals surface area (Å²) < 4.78 is 0. The van der Waals surface area contributed by atoms with E-state index in [0.717, 1.165) is 35.1 Å². The molecule has 0 atom stereocenters. The highest BCUT2D eigenvalue weighted by Crippen LogP contribution is 2.49. The lowest BCUT2D eigenvalue weighted by molar-refractivity contribution is 0.0997. The van der Waals surface area contributed by atoms with Crippen molar-refractivity contribution in [3.63, 3.8) is 0 Å². The molecule has 4 rings (SSSR count). The van der Waals surface area contributed by atoms with Crippen molar-refractivity contribution in [3.8, 4) is 5.75 Å². The Morgan fingerprint density at radius 1 is 0.722 bits per heavy atom. The number of carbonyl (C=O) groups is 2. The molecule has 0 radical (unpaired) electrons. The Kier molecular flexibility index (Phi) is 5.97. The third-order valence-electron chi connectivity index (χ3n) is 8.14. The Labute approximate surface area is 221 Å². The van der Waals surface area contributed by atoms with Gasteiger partial charge in [-0.25, -0.2) is 0 Å². The van der Waals surface area contributed by atoms with Gasteiger partial charge in [0.25, 0.3) is 0 Å². The Bertz CT molecular complexity index is 1310. The van der Waals surface area contributed by atoms with E-state index in [9.17, 15) is 14.7 Å². The summed E-state index contributed by atoms with van der Waals surface area (Å²) in [6.07, 6.45) is 2.03. The number of benzene rings is 2. The maximum atomic E-state index is 14.1. The molecular formula is C32H39ClO3. The van der Waals surface area contributed by atoms with Gasteiger partial charge in [0.2, 0.25) is 5.78 Å². The van der Waals surface area contributed by atoms with E-state index in [-0.39, 0.29) is 49.6 Å². The van der Waals surface area contributed by atoms with Gasteiger partial charge in [-0.3, -0.25) is 9.59 Å². The third kappa shape index (κ3) is 4.14. The van der Waals surface area contributed by atoms with Crippen molar-refractivity contribution >= 4 is 28.7 Å². The number of Topliss-reactive ketones (excluding diaryl/α,β-unsaturated/α-hetero) is 2. The average molecular weight is 507 g/mol. The summed E-state index contributed by atoms with van der Waals surface area (Å²) >= 11 is 6.72. The molecule has 192 valence electrons. The first-order valence-electron chi connectivity index (χ1n) is 12.8. The standard InChI is InChI=1S/C32H39ClO3/c1-29(2,3)22-13-17(14-23(28(22)36)30(4,5)6)24-25(33)27(35)19-16-21-20(15-18(19)26(24)34)31(7,8)11-12-32(21,9)10/h13-16,36H,11-12H2,1-10H3. The molecule has 1 N–H and O–H groups in total. The Hall–Kier alpha value is -2.39. The topological polar surface area (TPSA) is 54.4 Å². The number of allylic oxidation sites excluding steroid dienone is 2. The van der Waals surface area contributed by atoms with Gasteiger partial charge in [0.05, 0.1) is 5.57 Å². The molecule has 0 unspecified atom stereocenters. The van der Waals surface area contributed by atoms with Gasteiger partial charge >= 0.3 is 0 Å². The first-order valence-corrected chi connectivity index (χ1v) is 13.2. The summed E-state index contributed by atoms with van der Waals surface area (Å²) in [5.74, 6) is -0.323. The summed E-state index contributed by atoms with van der Waals surface area (Å²) in [5.41, 5.74) is 4.40. The molecule has 0 saturated heterocycles. The summed E-state index contributed by atoms with van der Waals surface area (Å²) in [6.45, 7) is 20.9. The first kappa shape index (κ1) is 26.7. The lowest BCUT2D eigenvalue weighted by Gasteiger charge is -2.42. The van der Waals surface area contributed by atoms with Crippen LogP contribution in [0.2, 0.25) is 0 Å². The van der Waals surface area contributed by atoms with Crippen LogP contribution in [-0.4, -0.2) is 16.7 Å². The van der Waals surface area contributed by atoms with Crippen LogP contribution in [0.3, 0.4) is 0 Å². The van der Waals surface area contributed by atoms with Crippen molar-refractivity contribution in [2.75, 3.05) is 0 Å². The molecule has 0 aliphatic heterocycles. The SMILES string of the molecule is CC(C)(C)c1cc(C2=C(Cl)C(=O)c3cc4c(cc3C2=O)C(C)(C)CCC4(C)C)cc(C(C)(C)C)c1O. The molecule has 2 aliphatic rings. The maximum Gasteiger partial charge on any atom is 0.205 e. The zero-order valence-corrected chi connectivity index (χ0v) is 24.1. The van der Waals surface area contributed by atoms with E-state index in [1.54, 1.807) is 0 Å². The maximum absolute atomic E-state index is 14.1. The molecule has 3 nitrogen and oxygen atoms in total. The van der Waals surface area contributed by atoms with Crippen molar-refractivity contribution in [1.82, 2.24) is 0 Å². The minimum absolute atomic E-state index is 0.0502. The molecule has 0 fully saturated rings. The van der Waals surface area contributed by atoms with E-state index >= 15 is 0 Å². The van der Waals surface area contributed by atoms with Gasteiger partial charge in [0.1, 0.15) is 10.8 Å². The molecular weight excluding hydrogens is 468 g/mol. The first-order chi connectivity index (χ1) is 16.3. The molecule has 2 aromatic carbocycles. The van der Waals surface area contributed by atoms with E-state index in [2.05, 4.69) is 27.7 Å². The molecule has 2 aliphatic carbocycles. The van der Waals surface area contributed by atoms with Crippen LogP contribution >= 0.6 is 11.6 Å². The summed E-state index contributed by atoms with van der Waals surface area (Å²) in [6, 6.07) is 7.52.